The number of benzene rings is 2. The van der Waals surface area contributed by atoms with Crippen LogP contribution in [0.3, 0.4) is 0 Å². The average Bonchev–Trinajstić information content (AvgIpc) is 3.63. The van der Waals surface area contributed by atoms with E-state index in [0.717, 1.165) is 60.4 Å². The number of fused-ring (bicyclic) bond motifs is 2. The largest absolute Gasteiger partial charge is 0.449 e. The molecule has 0 spiro atoms. The van der Waals surface area contributed by atoms with Crippen LogP contribution in [0, 0.1) is 0 Å². The standard InChI is InChI=1S/C33H41N9O4S/c1-3-28-29(38-33(43)46-18-7-12-39-13-15-40(16-14-39)17-19-47(2,44)45)23-42-31(28)32(34-24-36-42)37-27-10-11-30-26(20-27)21-35-41(30)22-25-8-5-4-6-9-25/h4-6,8-11,20-21,23-24H,3,7,12-19,22H2,1-2H3,(H,38,43)(H,34,36,37). The fourth-order valence-corrected chi connectivity index (χ4v) is 6.53. The Hall–Kier alpha value is -4.53. The number of rotatable bonds is 13. The molecule has 248 valence electrons. The fourth-order valence-electron chi connectivity index (χ4n) is 5.94. The molecule has 5 aromatic rings. The maximum Gasteiger partial charge on any atom is 0.411 e. The summed E-state index contributed by atoms with van der Waals surface area (Å²) in [5, 5.41) is 16.3. The van der Waals surface area contributed by atoms with Crippen molar-refractivity contribution in [2.45, 2.75) is 26.3 Å². The van der Waals surface area contributed by atoms with E-state index in [1.807, 2.05) is 48.1 Å². The first-order valence-electron chi connectivity index (χ1n) is 15.9. The van der Waals surface area contributed by atoms with Crippen LogP contribution in [-0.4, -0.2) is 107 Å². The molecule has 2 aromatic carbocycles. The third-order valence-corrected chi connectivity index (χ3v) is 9.37. The van der Waals surface area contributed by atoms with Gasteiger partial charge in [-0.05, 0) is 36.6 Å². The highest BCUT2D eigenvalue weighted by Gasteiger charge is 2.19. The number of aryl methyl sites for hydroxylation is 1. The van der Waals surface area contributed by atoms with Gasteiger partial charge < -0.3 is 15.0 Å². The molecule has 0 atom stereocenters. The number of aromatic nitrogens is 5. The van der Waals surface area contributed by atoms with Gasteiger partial charge in [-0.25, -0.2) is 22.7 Å². The third kappa shape index (κ3) is 8.25. The predicted octanol–water partition coefficient (Wildman–Crippen LogP) is 4.03. The minimum atomic E-state index is -2.95. The minimum absolute atomic E-state index is 0.191. The smallest absolute Gasteiger partial charge is 0.411 e. The van der Waals surface area contributed by atoms with E-state index in [-0.39, 0.29) is 5.75 Å². The van der Waals surface area contributed by atoms with Crippen molar-refractivity contribution in [2.75, 3.05) is 68.5 Å². The van der Waals surface area contributed by atoms with Crippen LogP contribution in [0.2, 0.25) is 0 Å². The molecule has 0 saturated carbocycles. The number of nitrogens with one attached hydrogen (secondary N) is 2. The predicted molar refractivity (Wildman–Crippen MR) is 183 cm³/mol. The van der Waals surface area contributed by atoms with Gasteiger partial charge in [0.2, 0.25) is 0 Å². The number of anilines is 3. The van der Waals surface area contributed by atoms with Gasteiger partial charge in [0.25, 0.3) is 0 Å². The van der Waals surface area contributed by atoms with E-state index in [9.17, 15) is 13.2 Å². The molecule has 14 heteroatoms. The van der Waals surface area contributed by atoms with Gasteiger partial charge in [-0.15, -0.1) is 0 Å². The van der Waals surface area contributed by atoms with Crippen LogP contribution in [0.1, 0.15) is 24.5 Å². The SMILES string of the molecule is CCc1c(NC(=O)OCCCN2CCN(CCS(C)(=O)=O)CC2)cn2ncnc(Nc3ccc4c(cnn4Cc4ccccc4)c3)c12. The summed E-state index contributed by atoms with van der Waals surface area (Å²) in [6, 6.07) is 16.4. The van der Waals surface area contributed by atoms with Crippen molar-refractivity contribution < 1.29 is 17.9 Å². The van der Waals surface area contributed by atoms with Crippen LogP contribution in [0.25, 0.3) is 16.4 Å². The Bertz CT molecular complexity index is 1930. The number of ether oxygens (including phenoxy) is 1. The molecule has 2 N–H and O–H groups in total. The highest BCUT2D eigenvalue weighted by molar-refractivity contribution is 7.90. The first-order chi connectivity index (χ1) is 22.8. The molecule has 1 amide bonds. The van der Waals surface area contributed by atoms with Gasteiger partial charge in [-0.2, -0.15) is 10.2 Å². The lowest BCUT2D eigenvalue weighted by molar-refractivity contribution is 0.121. The van der Waals surface area contributed by atoms with Gasteiger partial charge in [0.1, 0.15) is 21.7 Å². The zero-order chi connectivity index (χ0) is 32.8. The molecule has 3 aromatic heterocycles. The monoisotopic (exact) mass is 659 g/mol. The lowest BCUT2D eigenvalue weighted by atomic mass is 10.2. The second-order valence-corrected chi connectivity index (χ2v) is 14.2. The average molecular weight is 660 g/mol. The summed E-state index contributed by atoms with van der Waals surface area (Å²) in [7, 11) is -2.95. The maximum atomic E-state index is 12.8. The molecule has 1 aliphatic heterocycles. The number of amides is 1. The number of sulfone groups is 1. The summed E-state index contributed by atoms with van der Waals surface area (Å²) in [4.78, 5) is 21.8. The number of hydrogen-bond acceptors (Lipinski definition) is 10. The molecule has 0 aliphatic carbocycles. The van der Waals surface area contributed by atoms with Crippen molar-refractivity contribution in [2.24, 2.45) is 0 Å². The zero-order valence-corrected chi connectivity index (χ0v) is 27.6. The van der Waals surface area contributed by atoms with Crippen molar-refractivity contribution >= 4 is 49.5 Å². The molecule has 0 bridgehead atoms. The first-order valence-corrected chi connectivity index (χ1v) is 18.0. The number of carbonyl (C=O) groups is 1. The minimum Gasteiger partial charge on any atom is -0.449 e. The Morgan fingerprint density at radius 2 is 1.77 bits per heavy atom. The van der Waals surface area contributed by atoms with Crippen molar-refractivity contribution in [1.29, 1.82) is 0 Å². The van der Waals surface area contributed by atoms with Crippen LogP contribution in [0.5, 0.6) is 0 Å². The van der Waals surface area contributed by atoms with Crippen molar-refractivity contribution in [3.05, 3.63) is 78.4 Å². The first kappa shape index (κ1) is 32.4. The van der Waals surface area contributed by atoms with Gasteiger partial charge in [0.05, 0.1) is 42.5 Å². The van der Waals surface area contributed by atoms with E-state index in [2.05, 4.69) is 53.8 Å². The zero-order valence-electron chi connectivity index (χ0n) is 26.8. The molecule has 13 nitrogen and oxygen atoms in total. The van der Waals surface area contributed by atoms with Gasteiger partial charge in [-0.3, -0.25) is 14.9 Å². The van der Waals surface area contributed by atoms with Crippen LogP contribution in [-0.2, 0) is 27.5 Å². The highest BCUT2D eigenvalue weighted by Crippen LogP contribution is 2.30. The Balaban J connectivity index is 1.04. The Morgan fingerprint density at radius 3 is 2.51 bits per heavy atom. The quantitative estimate of drug-likeness (QED) is 0.178. The Labute approximate surface area is 274 Å². The molecule has 0 radical (unpaired) electrons. The molecule has 1 aliphatic rings. The topological polar surface area (TPSA) is 139 Å². The molecule has 4 heterocycles. The second-order valence-electron chi connectivity index (χ2n) is 11.9. The number of carbonyl (C=O) groups excluding carboxylic acids is 1. The van der Waals surface area contributed by atoms with E-state index in [1.165, 1.54) is 18.1 Å². The van der Waals surface area contributed by atoms with Crippen molar-refractivity contribution in [3.63, 3.8) is 0 Å². The summed E-state index contributed by atoms with van der Waals surface area (Å²) in [5.41, 5.74) is 5.40. The van der Waals surface area contributed by atoms with Crippen LogP contribution in [0.15, 0.2) is 67.3 Å². The highest BCUT2D eigenvalue weighted by atomic mass is 32.2. The normalized spacial score (nSPS) is 14.5. The van der Waals surface area contributed by atoms with E-state index >= 15 is 0 Å². The lowest BCUT2D eigenvalue weighted by Gasteiger charge is -2.34. The number of hydrogen-bond donors (Lipinski definition) is 2. The molecule has 6 rings (SSSR count). The van der Waals surface area contributed by atoms with E-state index in [1.54, 1.807) is 10.7 Å². The van der Waals surface area contributed by atoms with E-state index in [4.69, 9.17) is 4.74 Å². The van der Waals surface area contributed by atoms with Crippen LogP contribution >= 0.6 is 0 Å². The van der Waals surface area contributed by atoms with Gasteiger partial charge in [0, 0.05) is 62.2 Å². The lowest BCUT2D eigenvalue weighted by Crippen LogP contribution is -2.47. The molecule has 1 saturated heterocycles. The van der Waals surface area contributed by atoms with Crippen LogP contribution in [0.4, 0.5) is 22.0 Å². The van der Waals surface area contributed by atoms with E-state index in [0.29, 0.717) is 44.0 Å². The summed E-state index contributed by atoms with van der Waals surface area (Å²) >= 11 is 0. The summed E-state index contributed by atoms with van der Waals surface area (Å²) in [6.07, 6.45) is 7.26. The van der Waals surface area contributed by atoms with Gasteiger partial charge in [0.15, 0.2) is 5.82 Å². The molecule has 0 unspecified atom stereocenters. The molecular weight excluding hydrogens is 618 g/mol. The third-order valence-electron chi connectivity index (χ3n) is 8.44. The summed E-state index contributed by atoms with van der Waals surface area (Å²) in [6.45, 7) is 7.83. The Morgan fingerprint density at radius 1 is 1.00 bits per heavy atom. The number of piperazine rings is 1. The summed E-state index contributed by atoms with van der Waals surface area (Å²) < 4.78 is 32.1. The van der Waals surface area contributed by atoms with Crippen LogP contribution < -0.4 is 10.6 Å². The maximum absolute atomic E-state index is 12.8. The van der Waals surface area contributed by atoms with Gasteiger partial charge in [-0.1, -0.05) is 37.3 Å². The fraction of sp³-hybridized carbons (Fsp3) is 0.394. The molecule has 47 heavy (non-hydrogen) atoms. The van der Waals surface area contributed by atoms with Crippen molar-refractivity contribution in [1.82, 2.24) is 34.2 Å². The van der Waals surface area contributed by atoms with Crippen molar-refractivity contribution in [3.8, 4) is 0 Å². The second kappa shape index (κ2) is 14.5. The number of nitrogens with zero attached hydrogens (tertiary/aromatic N) is 7. The van der Waals surface area contributed by atoms with Gasteiger partial charge >= 0.3 is 6.09 Å². The molecular formula is C33H41N9O4S. The summed E-state index contributed by atoms with van der Waals surface area (Å²) in [5.74, 6) is 0.822. The van der Waals surface area contributed by atoms with E-state index < -0.39 is 15.9 Å². The Kier molecular flexibility index (Phi) is 9.99. The molecule has 1 fully saturated rings.